The number of hydrogen-bond donors (Lipinski definition) is 2. The van der Waals surface area contributed by atoms with E-state index >= 15 is 0 Å². The molecule has 3 aromatic rings. The number of rotatable bonds is 3. The number of carbonyl (C=O) groups excluding carboxylic acids is 1. The summed E-state index contributed by atoms with van der Waals surface area (Å²) in [4.78, 5) is 13.8. The first-order valence-corrected chi connectivity index (χ1v) is 7.78. The fourth-order valence-corrected chi connectivity index (χ4v) is 3.08. The Morgan fingerprint density at radius 3 is 2.45 bits per heavy atom. The van der Waals surface area contributed by atoms with Gasteiger partial charge in [0.1, 0.15) is 5.75 Å². The highest BCUT2D eigenvalue weighted by atomic mass is 35.5. The van der Waals surface area contributed by atoms with Gasteiger partial charge in [-0.1, -0.05) is 23.7 Å². The first-order valence-electron chi connectivity index (χ1n) is 6.58. The second-order valence-corrected chi connectivity index (χ2v) is 6.14. The number of hydrogen-bond acceptors (Lipinski definition) is 3. The molecular formula is C17H12ClNO2S. The highest BCUT2D eigenvalue weighted by molar-refractivity contribution is 7.17. The highest BCUT2D eigenvalue weighted by Gasteiger charge is 2.12. The summed E-state index contributed by atoms with van der Waals surface area (Å²) < 4.78 is 0. The molecule has 0 bridgehead atoms. The largest absolute Gasteiger partial charge is 0.508 e. The number of thiophene rings is 1. The van der Waals surface area contributed by atoms with E-state index in [4.69, 9.17) is 11.6 Å². The lowest BCUT2D eigenvalue weighted by Gasteiger charge is -2.05. The molecule has 2 N–H and O–H groups in total. The summed E-state index contributed by atoms with van der Waals surface area (Å²) in [6.07, 6.45) is 0. The van der Waals surface area contributed by atoms with Gasteiger partial charge in [-0.15, -0.1) is 11.3 Å². The Kier molecular flexibility index (Phi) is 4.13. The van der Waals surface area contributed by atoms with Crippen LogP contribution in [0.2, 0.25) is 5.02 Å². The summed E-state index contributed by atoms with van der Waals surface area (Å²) >= 11 is 7.42. The van der Waals surface area contributed by atoms with Crippen molar-refractivity contribution < 1.29 is 9.90 Å². The second kappa shape index (κ2) is 6.22. The van der Waals surface area contributed by atoms with Crippen LogP contribution in [0.5, 0.6) is 5.75 Å². The van der Waals surface area contributed by atoms with Gasteiger partial charge < -0.3 is 10.4 Å². The van der Waals surface area contributed by atoms with E-state index in [1.54, 1.807) is 30.3 Å². The molecule has 1 heterocycles. The first-order chi connectivity index (χ1) is 10.6. The number of halogens is 1. The van der Waals surface area contributed by atoms with Gasteiger partial charge in [0, 0.05) is 4.88 Å². The number of aromatic hydroxyl groups is 1. The third-order valence-corrected chi connectivity index (χ3v) is 4.57. The lowest BCUT2D eigenvalue weighted by molar-refractivity contribution is 0.103. The number of carbonyl (C=O) groups is 1. The topological polar surface area (TPSA) is 49.3 Å². The average molecular weight is 330 g/mol. The molecule has 0 radical (unpaired) electrons. The van der Waals surface area contributed by atoms with Gasteiger partial charge in [0.15, 0.2) is 0 Å². The smallest absolute Gasteiger partial charge is 0.265 e. The molecule has 3 nitrogen and oxygen atoms in total. The van der Waals surface area contributed by atoms with E-state index in [1.165, 1.54) is 11.3 Å². The zero-order valence-electron chi connectivity index (χ0n) is 11.4. The number of para-hydroxylation sites is 1. The monoisotopic (exact) mass is 329 g/mol. The zero-order valence-corrected chi connectivity index (χ0v) is 13.0. The Morgan fingerprint density at radius 1 is 1.00 bits per heavy atom. The van der Waals surface area contributed by atoms with E-state index in [2.05, 4.69) is 5.32 Å². The van der Waals surface area contributed by atoms with E-state index in [-0.39, 0.29) is 11.7 Å². The molecule has 0 unspecified atom stereocenters. The summed E-state index contributed by atoms with van der Waals surface area (Å²) in [6, 6.07) is 17.7. The van der Waals surface area contributed by atoms with Gasteiger partial charge in [-0.05, 0) is 54.1 Å². The fraction of sp³-hybridized carbons (Fsp3) is 0. The number of phenols is 1. The Labute approximate surface area is 136 Å². The molecule has 110 valence electrons. The third-order valence-electron chi connectivity index (χ3n) is 3.10. The highest BCUT2D eigenvalue weighted by Crippen LogP contribution is 2.30. The number of phenolic OH excluding ortho intramolecular Hbond substituents is 1. The van der Waals surface area contributed by atoms with E-state index < -0.39 is 0 Å². The van der Waals surface area contributed by atoms with E-state index in [9.17, 15) is 9.90 Å². The first kappa shape index (κ1) is 14.6. The van der Waals surface area contributed by atoms with Crippen LogP contribution in [0, 0.1) is 0 Å². The fourth-order valence-electron chi connectivity index (χ4n) is 1.99. The maximum absolute atomic E-state index is 12.3. The Balaban J connectivity index is 1.80. The van der Waals surface area contributed by atoms with Gasteiger partial charge >= 0.3 is 0 Å². The van der Waals surface area contributed by atoms with Gasteiger partial charge in [0.05, 0.1) is 15.6 Å². The summed E-state index contributed by atoms with van der Waals surface area (Å²) in [7, 11) is 0. The molecule has 3 rings (SSSR count). The van der Waals surface area contributed by atoms with Crippen LogP contribution in [0.1, 0.15) is 9.67 Å². The van der Waals surface area contributed by atoms with Crippen molar-refractivity contribution in [3.63, 3.8) is 0 Å². The van der Waals surface area contributed by atoms with Crippen LogP contribution < -0.4 is 5.32 Å². The van der Waals surface area contributed by atoms with E-state index in [0.717, 1.165) is 10.4 Å². The van der Waals surface area contributed by atoms with Gasteiger partial charge in [-0.3, -0.25) is 4.79 Å². The molecule has 0 saturated heterocycles. The van der Waals surface area contributed by atoms with Crippen LogP contribution in [-0.2, 0) is 0 Å². The Morgan fingerprint density at radius 2 is 1.73 bits per heavy atom. The number of benzene rings is 2. The van der Waals surface area contributed by atoms with Crippen LogP contribution in [0.3, 0.4) is 0 Å². The van der Waals surface area contributed by atoms with Crippen LogP contribution >= 0.6 is 22.9 Å². The quantitative estimate of drug-likeness (QED) is 0.708. The third kappa shape index (κ3) is 3.13. The molecule has 0 fully saturated rings. The molecule has 1 amide bonds. The van der Waals surface area contributed by atoms with Crippen LogP contribution in [0.25, 0.3) is 10.4 Å². The lowest BCUT2D eigenvalue weighted by atomic mass is 10.2. The number of anilines is 1. The van der Waals surface area contributed by atoms with Gasteiger partial charge in [0.25, 0.3) is 5.91 Å². The van der Waals surface area contributed by atoms with Crippen molar-refractivity contribution in [2.24, 2.45) is 0 Å². The van der Waals surface area contributed by atoms with E-state index in [0.29, 0.717) is 15.6 Å². The molecule has 2 aromatic carbocycles. The summed E-state index contributed by atoms with van der Waals surface area (Å²) in [5.41, 5.74) is 1.55. The van der Waals surface area contributed by atoms with Crippen molar-refractivity contribution >= 4 is 34.5 Å². The standard InChI is InChI=1S/C17H12ClNO2S/c18-13-3-1-2-4-14(13)19-17(21)16-10-9-15(22-16)11-5-7-12(20)8-6-11/h1-10,20H,(H,19,21). The number of nitrogens with one attached hydrogen (secondary N) is 1. The minimum Gasteiger partial charge on any atom is -0.508 e. The molecule has 0 saturated carbocycles. The lowest BCUT2D eigenvalue weighted by Crippen LogP contribution is -2.10. The van der Waals surface area contributed by atoms with Crippen molar-refractivity contribution in [3.05, 3.63) is 70.6 Å². The Bertz CT molecular complexity index is 812. The van der Waals surface area contributed by atoms with Gasteiger partial charge in [-0.2, -0.15) is 0 Å². The molecule has 0 aliphatic rings. The van der Waals surface area contributed by atoms with E-state index in [1.807, 2.05) is 30.3 Å². The summed E-state index contributed by atoms with van der Waals surface area (Å²) in [5.74, 6) is 0.0279. The minimum atomic E-state index is -0.192. The minimum absolute atomic E-state index is 0.192. The van der Waals surface area contributed by atoms with Gasteiger partial charge in [-0.25, -0.2) is 0 Å². The van der Waals surface area contributed by atoms with Crippen LogP contribution in [-0.4, -0.2) is 11.0 Å². The molecule has 0 aliphatic heterocycles. The second-order valence-electron chi connectivity index (χ2n) is 4.64. The predicted octanol–water partition coefficient (Wildman–Crippen LogP) is 5.03. The van der Waals surface area contributed by atoms with Crippen molar-refractivity contribution in [2.75, 3.05) is 5.32 Å². The molecule has 1 aromatic heterocycles. The number of amides is 1. The molecule has 22 heavy (non-hydrogen) atoms. The van der Waals surface area contributed by atoms with Crippen LogP contribution in [0.15, 0.2) is 60.7 Å². The maximum atomic E-state index is 12.3. The molecule has 5 heteroatoms. The SMILES string of the molecule is O=C(Nc1ccccc1Cl)c1ccc(-c2ccc(O)cc2)s1. The Hall–Kier alpha value is -2.30. The molecule has 0 spiro atoms. The predicted molar refractivity (Wildman–Crippen MR) is 90.8 cm³/mol. The van der Waals surface area contributed by atoms with Crippen molar-refractivity contribution in [2.45, 2.75) is 0 Å². The summed E-state index contributed by atoms with van der Waals surface area (Å²) in [6.45, 7) is 0. The zero-order chi connectivity index (χ0) is 15.5. The molecule has 0 aliphatic carbocycles. The van der Waals surface area contributed by atoms with Gasteiger partial charge in [0.2, 0.25) is 0 Å². The summed E-state index contributed by atoms with van der Waals surface area (Å²) in [5, 5.41) is 12.6. The van der Waals surface area contributed by atoms with Crippen molar-refractivity contribution in [3.8, 4) is 16.2 Å². The average Bonchev–Trinajstić information content (AvgIpc) is 3.00. The molecular weight excluding hydrogens is 318 g/mol. The normalized spacial score (nSPS) is 10.4. The molecule has 0 atom stereocenters. The van der Waals surface area contributed by atoms with Crippen molar-refractivity contribution in [1.82, 2.24) is 0 Å². The van der Waals surface area contributed by atoms with Crippen LogP contribution in [0.4, 0.5) is 5.69 Å². The maximum Gasteiger partial charge on any atom is 0.265 e. The van der Waals surface area contributed by atoms with Crippen molar-refractivity contribution in [1.29, 1.82) is 0 Å².